The number of rotatable bonds is 3. The average Bonchev–Trinajstić information content (AvgIpc) is 2.86. The van der Waals surface area contributed by atoms with E-state index in [9.17, 15) is 4.79 Å². The molecular weight excluding hydrogens is 341 g/mol. The smallest absolute Gasteiger partial charge is 0.267 e. The van der Waals surface area contributed by atoms with E-state index in [0.29, 0.717) is 20.6 Å². The number of nitrogens with one attached hydrogen (secondary N) is 1. The van der Waals surface area contributed by atoms with E-state index in [1.807, 2.05) is 18.2 Å². The van der Waals surface area contributed by atoms with E-state index in [2.05, 4.69) is 5.32 Å². The van der Waals surface area contributed by atoms with Crippen LogP contribution in [-0.4, -0.2) is 13.0 Å². The highest BCUT2D eigenvalue weighted by Crippen LogP contribution is 2.37. The molecule has 3 rings (SSSR count). The lowest BCUT2D eigenvalue weighted by Crippen LogP contribution is -2.10. The molecule has 0 unspecified atom stereocenters. The number of halogens is 2. The maximum atomic E-state index is 12.4. The number of anilines is 1. The highest BCUT2D eigenvalue weighted by molar-refractivity contribution is 7.21. The van der Waals surface area contributed by atoms with Crippen LogP contribution in [0.3, 0.4) is 0 Å². The second-order valence-electron chi connectivity index (χ2n) is 4.57. The van der Waals surface area contributed by atoms with Gasteiger partial charge < -0.3 is 10.1 Å². The van der Waals surface area contributed by atoms with Crippen molar-refractivity contribution >= 4 is 56.2 Å². The first-order valence-corrected chi connectivity index (χ1v) is 7.98. The van der Waals surface area contributed by atoms with Crippen molar-refractivity contribution in [2.75, 3.05) is 12.4 Å². The minimum absolute atomic E-state index is 0.243. The molecule has 3 nitrogen and oxygen atoms in total. The molecule has 1 aromatic heterocycles. The summed E-state index contributed by atoms with van der Waals surface area (Å²) in [7, 11) is 1.60. The van der Waals surface area contributed by atoms with Crippen LogP contribution in [0.25, 0.3) is 10.1 Å². The van der Waals surface area contributed by atoms with Gasteiger partial charge in [0.2, 0.25) is 0 Å². The van der Waals surface area contributed by atoms with Gasteiger partial charge in [0, 0.05) is 20.8 Å². The summed E-state index contributed by atoms with van der Waals surface area (Å²) >= 11 is 13.5. The Hall–Kier alpha value is -1.75. The molecule has 2 aromatic carbocycles. The zero-order valence-corrected chi connectivity index (χ0v) is 13.9. The number of thiophene rings is 1. The number of fused-ring (bicyclic) bond motifs is 1. The van der Waals surface area contributed by atoms with Crippen molar-refractivity contribution < 1.29 is 9.53 Å². The van der Waals surface area contributed by atoms with Gasteiger partial charge in [-0.2, -0.15) is 0 Å². The standard InChI is InChI=1S/C16H11Cl2NO2S/c1-21-11-6-7-12-13(8-11)22-15(14(12)18)16(20)19-10-4-2-9(17)3-5-10/h2-8H,1H3,(H,19,20). The summed E-state index contributed by atoms with van der Waals surface area (Å²) in [5.41, 5.74) is 0.667. The predicted octanol–water partition coefficient (Wildman–Crippen LogP) is 5.47. The largest absolute Gasteiger partial charge is 0.497 e. The van der Waals surface area contributed by atoms with E-state index in [1.54, 1.807) is 31.4 Å². The number of benzene rings is 2. The third-order valence-electron chi connectivity index (χ3n) is 3.14. The molecule has 0 bridgehead atoms. The second-order valence-corrected chi connectivity index (χ2v) is 6.43. The molecule has 0 atom stereocenters. The minimum atomic E-state index is -0.243. The fourth-order valence-electron chi connectivity index (χ4n) is 2.04. The van der Waals surface area contributed by atoms with Crippen LogP contribution in [0.2, 0.25) is 10.0 Å². The molecule has 22 heavy (non-hydrogen) atoms. The van der Waals surface area contributed by atoms with E-state index in [-0.39, 0.29) is 5.91 Å². The van der Waals surface area contributed by atoms with Crippen molar-refractivity contribution in [2.45, 2.75) is 0 Å². The maximum absolute atomic E-state index is 12.4. The van der Waals surface area contributed by atoms with Crippen molar-refractivity contribution in [1.29, 1.82) is 0 Å². The maximum Gasteiger partial charge on any atom is 0.267 e. The summed E-state index contributed by atoms with van der Waals surface area (Å²) in [5, 5.41) is 4.72. The van der Waals surface area contributed by atoms with Crippen LogP contribution >= 0.6 is 34.5 Å². The summed E-state index contributed by atoms with van der Waals surface area (Å²) in [6.45, 7) is 0. The molecule has 1 heterocycles. The van der Waals surface area contributed by atoms with Gasteiger partial charge in [-0.15, -0.1) is 11.3 Å². The molecule has 0 spiro atoms. The summed E-state index contributed by atoms with van der Waals surface area (Å²) in [5.74, 6) is 0.488. The zero-order chi connectivity index (χ0) is 15.7. The monoisotopic (exact) mass is 351 g/mol. The Kier molecular flexibility index (Phi) is 4.25. The lowest BCUT2D eigenvalue weighted by molar-refractivity contribution is 0.103. The molecule has 6 heteroatoms. The molecule has 0 aliphatic heterocycles. The van der Waals surface area contributed by atoms with Crippen LogP contribution in [0, 0.1) is 0 Å². The lowest BCUT2D eigenvalue weighted by Gasteiger charge is -2.03. The van der Waals surface area contributed by atoms with Gasteiger partial charge >= 0.3 is 0 Å². The number of hydrogen-bond donors (Lipinski definition) is 1. The number of carbonyl (C=O) groups excluding carboxylic acids is 1. The lowest BCUT2D eigenvalue weighted by atomic mass is 10.2. The molecule has 0 saturated carbocycles. The fourth-order valence-corrected chi connectivity index (χ4v) is 3.61. The van der Waals surface area contributed by atoms with Crippen LogP contribution in [-0.2, 0) is 0 Å². The molecule has 0 saturated heterocycles. The number of amides is 1. The molecule has 1 amide bonds. The Morgan fingerprint density at radius 1 is 1.14 bits per heavy atom. The fraction of sp³-hybridized carbons (Fsp3) is 0.0625. The Morgan fingerprint density at radius 2 is 1.86 bits per heavy atom. The first kappa shape index (κ1) is 15.2. The third kappa shape index (κ3) is 2.90. The van der Waals surface area contributed by atoms with Gasteiger partial charge in [0.05, 0.1) is 12.1 Å². The summed E-state index contributed by atoms with van der Waals surface area (Å²) in [6.07, 6.45) is 0. The van der Waals surface area contributed by atoms with E-state index >= 15 is 0 Å². The highest BCUT2D eigenvalue weighted by atomic mass is 35.5. The zero-order valence-electron chi connectivity index (χ0n) is 11.5. The number of ether oxygens (including phenoxy) is 1. The van der Waals surface area contributed by atoms with Gasteiger partial charge in [-0.05, 0) is 42.5 Å². The third-order valence-corrected chi connectivity index (χ3v) is 5.05. The molecular formula is C16H11Cl2NO2S. The summed E-state index contributed by atoms with van der Waals surface area (Å²) in [6, 6.07) is 12.5. The Morgan fingerprint density at radius 3 is 2.55 bits per heavy atom. The van der Waals surface area contributed by atoms with Gasteiger partial charge in [0.25, 0.3) is 5.91 Å². The van der Waals surface area contributed by atoms with Gasteiger partial charge in [-0.25, -0.2) is 0 Å². The van der Waals surface area contributed by atoms with Gasteiger partial charge in [-0.1, -0.05) is 23.2 Å². The predicted molar refractivity (Wildman–Crippen MR) is 92.8 cm³/mol. The highest BCUT2D eigenvalue weighted by Gasteiger charge is 2.17. The summed E-state index contributed by atoms with van der Waals surface area (Å²) in [4.78, 5) is 12.9. The van der Waals surface area contributed by atoms with Crippen LogP contribution in [0.1, 0.15) is 9.67 Å². The van der Waals surface area contributed by atoms with Gasteiger partial charge in [0.15, 0.2) is 0 Å². The Bertz CT molecular complexity index is 843. The Balaban J connectivity index is 1.93. The van der Waals surface area contributed by atoms with Crippen LogP contribution in [0.15, 0.2) is 42.5 Å². The number of methoxy groups -OCH3 is 1. The molecule has 0 fully saturated rings. The van der Waals surface area contributed by atoms with Crippen molar-refractivity contribution in [3.8, 4) is 5.75 Å². The van der Waals surface area contributed by atoms with Crippen LogP contribution < -0.4 is 10.1 Å². The summed E-state index contributed by atoms with van der Waals surface area (Å²) < 4.78 is 6.10. The van der Waals surface area contributed by atoms with E-state index in [1.165, 1.54) is 11.3 Å². The topological polar surface area (TPSA) is 38.3 Å². The molecule has 0 radical (unpaired) electrons. The first-order valence-electron chi connectivity index (χ1n) is 6.41. The Labute approximate surface area is 141 Å². The van der Waals surface area contributed by atoms with Gasteiger partial charge in [-0.3, -0.25) is 4.79 Å². The molecule has 3 aromatic rings. The SMILES string of the molecule is COc1ccc2c(Cl)c(C(=O)Nc3ccc(Cl)cc3)sc2c1. The normalized spacial score (nSPS) is 10.7. The van der Waals surface area contributed by atoms with Crippen LogP contribution in [0.4, 0.5) is 5.69 Å². The van der Waals surface area contributed by atoms with E-state index in [4.69, 9.17) is 27.9 Å². The van der Waals surface area contributed by atoms with Crippen molar-refractivity contribution in [1.82, 2.24) is 0 Å². The molecule has 0 aliphatic carbocycles. The molecule has 0 aliphatic rings. The van der Waals surface area contributed by atoms with Crippen molar-refractivity contribution in [2.24, 2.45) is 0 Å². The van der Waals surface area contributed by atoms with Crippen molar-refractivity contribution in [3.05, 3.63) is 57.4 Å². The number of carbonyl (C=O) groups is 1. The van der Waals surface area contributed by atoms with Crippen LogP contribution in [0.5, 0.6) is 5.75 Å². The molecule has 1 N–H and O–H groups in total. The van der Waals surface area contributed by atoms with Gasteiger partial charge in [0.1, 0.15) is 10.6 Å². The first-order chi connectivity index (χ1) is 10.6. The van der Waals surface area contributed by atoms with Crippen molar-refractivity contribution in [3.63, 3.8) is 0 Å². The second kappa shape index (κ2) is 6.16. The quantitative estimate of drug-likeness (QED) is 0.679. The van der Waals surface area contributed by atoms with E-state index in [0.717, 1.165) is 15.8 Å². The average molecular weight is 352 g/mol. The minimum Gasteiger partial charge on any atom is -0.497 e. The molecule has 112 valence electrons. The van der Waals surface area contributed by atoms with E-state index < -0.39 is 0 Å². The number of hydrogen-bond acceptors (Lipinski definition) is 3.